The van der Waals surface area contributed by atoms with E-state index in [0.29, 0.717) is 12.2 Å². The van der Waals surface area contributed by atoms with Gasteiger partial charge in [-0.05, 0) is 31.7 Å². The second-order valence-electron chi connectivity index (χ2n) is 5.18. The van der Waals surface area contributed by atoms with Crippen molar-refractivity contribution in [3.8, 4) is 0 Å². The van der Waals surface area contributed by atoms with Crippen molar-refractivity contribution in [3.63, 3.8) is 0 Å². The van der Waals surface area contributed by atoms with Gasteiger partial charge in [0.25, 0.3) is 0 Å². The number of anilines is 1. The van der Waals surface area contributed by atoms with E-state index < -0.39 is 0 Å². The standard InChI is InChI=1S/C15H19FN4/c1-11(17-2)12-3-4-14(13(16)9-12)20-8-7-19-6-5-18-15(19)10-20/h3-6,9,11,17H,7-8,10H2,1-2H3. The normalized spacial score (nSPS) is 16.1. The fraction of sp³-hybridized carbons (Fsp3) is 0.400. The summed E-state index contributed by atoms with van der Waals surface area (Å²) in [6.45, 7) is 4.33. The maximum absolute atomic E-state index is 14.3. The Bertz CT molecular complexity index is 608. The average molecular weight is 274 g/mol. The van der Waals surface area contributed by atoms with Crippen LogP contribution in [0.15, 0.2) is 30.6 Å². The van der Waals surface area contributed by atoms with Crippen molar-refractivity contribution in [2.75, 3.05) is 18.5 Å². The molecule has 20 heavy (non-hydrogen) atoms. The molecule has 0 spiro atoms. The highest BCUT2D eigenvalue weighted by Crippen LogP contribution is 2.26. The summed E-state index contributed by atoms with van der Waals surface area (Å²) in [6, 6.07) is 5.63. The molecule has 2 aromatic rings. The molecule has 0 fully saturated rings. The number of hydrogen-bond acceptors (Lipinski definition) is 3. The van der Waals surface area contributed by atoms with Crippen molar-refractivity contribution in [1.29, 1.82) is 0 Å². The van der Waals surface area contributed by atoms with E-state index in [0.717, 1.165) is 24.5 Å². The van der Waals surface area contributed by atoms with Gasteiger partial charge in [-0.3, -0.25) is 0 Å². The summed E-state index contributed by atoms with van der Waals surface area (Å²) in [7, 11) is 1.88. The van der Waals surface area contributed by atoms with Crippen molar-refractivity contribution in [1.82, 2.24) is 14.9 Å². The number of fused-ring (bicyclic) bond motifs is 1. The Balaban J connectivity index is 1.85. The highest BCUT2D eigenvalue weighted by atomic mass is 19.1. The monoisotopic (exact) mass is 274 g/mol. The van der Waals surface area contributed by atoms with Gasteiger partial charge in [0.1, 0.15) is 11.6 Å². The Labute approximate surface area is 118 Å². The average Bonchev–Trinajstić information content (AvgIpc) is 2.93. The van der Waals surface area contributed by atoms with Crippen LogP contribution in [0, 0.1) is 5.82 Å². The summed E-state index contributed by atoms with van der Waals surface area (Å²) >= 11 is 0. The van der Waals surface area contributed by atoms with Crippen LogP contribution in [0.2, 0.25) is 0 Å². The van der Waals surface area contributed by atoms with E-state index >= 15 is 0 Å². The van der Waals surface area contributed by atoms with Crippen molar-refractivity contribution in [2.24, 2.45) is 0 Å². The van der Waals surface area contributed by atoms with Crippen LogP contribution in [0.5, 0.6) is 0 Å². The largest absolute Gasteiger partial charge is 0.360 e. The number of aromatic nitrogens is 2. The van der Waals surface area contributed by atoms with Gasteiger partial charge >= 0.3 is 0 Å². The zero-order chi connectivity index (χ0) is 14.1. The molecule has 0 bridgehead atoms. The third kappa shape index (κ3) is 2.29. The van der Waals surface area contributed by atoms with Crippen LogP contribution in [0.4, 0.5) is 10.1 Å². The Kier molecular flexibility index (Phi) is 3.44. The predicted octanol–water partition coefficient (Wildman–Crippen LogP) is 2.32. The summed E-state index contributed by atoms with van der Waals surface area (Å²) in [5.41, 5.74) is 1.62. The zero-order valence-corrected chi connectivity index (χ0v) is 11.8. The second-order valence-corrected chi connectivity index (χ2v) is 5.18. The van der Waals surface area contributed by atoms with E-state index in [1.807, 2.05) is 37.2 Å². The maximum Gasteiger partial charge on any atom is 0.146 e. The fourth-order valence-electron chi connectivity index (χ4n) is 2.59. The molecule has 1 aliphatic rings. The first-order valence-electron chi connectivity index (χ1n) is 6.90. The van der Waals surface area contributed by atoms with Gasteiger partial charge in [-0.25, -0.2) is 9.37 Å². The van der Waals surface area contributed by atoms with Crippen molar-refractivity contribution in [3.05, 3.63) is 47.8 Å². The highest BCUT2D eigenvalue weighted by Gasteiger charge is 2.20. The first kappa shape index (κ1) is 13.1. The van der Waals surface area contributed by atoms with Gasteiger partial charge in [0.05, 0.1) is 12.2 Å². The molecule has 1 aromatic heterocycles. The number of benzene rings is 1. The molecule has 1 atom stereocenters. The van der Waals surface area contributed by atoms with Gasteiger partial charge in [-0.15, -0.1) is 0 Å². The third-order valence-electron chi connectivity index (χ3n) is 3.99. The van der Waals surface area contributed by atoms with E-state index in [4.69, 9.17) is 0 Å². The van der Waals surface area contributed by atoms with Crippen LogP contribution < -0.4 is 10.2 Å². The van der Waals surface area contributed by atoms with E-state index in [1.54, 1.807) is 12.3 Å². The number of rotatable bonds is 3. The van der Waals surface area contributed by atoms with Gasteiger partial charge < -0.3 is 14.8 Å². The molecule has 5 heteroatoms. The zero-order valence-electron chi connectivity index (χ0n) is 11.8. The summed E-state index contributed by atoms with van der Waals surface area (Å²) in [4.78, 5) is 6.36. The number of nitrogens with one attached hydrogen (secondary N) is 1. The summed E-state index contributed by atoms with van der Waals surface area (Å²) in [5, 5.41) is 3.12. The SMILES string of the molecule is CNC(C)c1ccc(N2CCn3ccnc3C2)c(F)c1. The number of imidazole rings is 1. The van der Waals surface area contributed by atoms with Crippen molar-refractivity contribution >= 4 is 5.69 Å². The topological polar surface area (TPSA) is 33.1 Å². The molecule has 1 aliphatic heterocycles. The smallest absolute Gasteiger partial charge is 0.146 e. The van der Waals surface area contributed by atoms with E-state index in [9.17, 15) is 4.39 Å². The lowest BCUT2D eigenvalue weighted by Gasteiger charge is -2.30. The third-order valence-corrected chi connectivity index (χ3v) is 3.99. The minimum absolute atomic E-state index is 0.152. The van der Waals surface area contributed by atoms with Gasteiger partial charge in [0, 0.05) is 31.5 Å². The Morgan fingerprint density at radius 3 is 2.95 bits per heavy atom. The lowest BCUT2D eigenvalue weighted by Crippen LogP contribution is -2.34. The Morgan fingerprint density at radius 1 is 1.35 bits per heavy atom. The quantitative estimate of drug-likeness (QED) is 0.932. The minimum atomic E-state index is -0.162. The van der Waals surface area contributed by atoms with Gasteiger partial charge in [0.15, 0.2) is 0 Å². The van der Waals surface area contributed by atoms with Crippen LogP contribution in [-0.2, 0) is 13.1 Å². The fourth-order valence-corrected chi connectivity index (χ4v) is 2.59. The molecule has 0 radical (unpaired) electrons. The van der Waals surface area contributed by atoms with Crippen molar-refractivity contribution < 1.29 is 4.39 Å². The molecule has 0 amide bonds. The van der Waals surface area contributed by atoms with Crippen LogP contribution in [0.25, 0.3) is 0 Å². The van der Waals surface area contributed by atoms with Crippen molar-refractivity contribution in [2.45, 2.75) is 26.1 Å². The summed E-state index contributed by atoms with van der Waals surface area (Å²) in [6.07, 6.45) is 3.77. The highest BCUT2D eigenvalue weighted by molar-refractivity contribution is 5.50. The van der Waals surface area contributed by atoms with Crippen LogP contribution in [0.3, 0.4) is 0 Å². The summed E-state index contributed by atoms with van der Waals surface area (Å²) < 4.78 is 16.5. The van der Waals surface area contributed by atoms with E-state index in [-0.39, 0.29) is 11.9 Å². The second kappa shape index (κ2) is 5.25. The lowest BCUT2D eigenvalue weighted by atomic mass is 10.1. The molecule has 4 nitrogen and oxygen atoms in total. The number of hydrogen-bond donors (Lipinski definition) is 1. The first-order chi connectivity index (χ1) is 9.69. The van der Waals surface area contributed by atoms with E-state index in [1.165, 1.54) is 0 Å². The molecular weight excluding hydrogens is 255 g/mol. The molecule has 2 heterocycles. The maximum atomic E-state index is 14.3. The minimum Gasteiger partial charge on any atom is -0.360 e. The Hall–Kier alpha value is -1.88. The van der Waals surface area contributed by atoms with Gasteiger partial charge in [-0.2, -0.15) is 0 Å². The molecule has 106 valence electrons. The predicted molar refractivity (Wildman–Crippen MR) is 77.2 cm³/mol. The van der Waals surface area contributed by atoms with Gasteiger partial charge in [0.2, 0.25) is 0 Å². The molecule has 3 rings (SSSR count). The molecule has 0 saturated heterocycles. The van der Waals surface area contributed by atoms with Crippen LogP contribution in [-0.4, -0.2) is 23.1 Å². The summed E-state index contributed by atoms with van der Waals surface area (Å²) in [5.74, 6) is 0.827. The first-order valence-corrected chi connectivity index (χ1v) is 6.90. The molecule has 1 N–H and O–H groups in total. The number of halogens is 1. The molecular formula is C15H19FN4. The Morgan fingerprint density at radius 2 is 2.20 bits per heavy atom. The number of nitrogens with zero attached hydrogens (tertiary/aromatic N) is 3. The molecule has 0 aliphatic carbocycles. The lowest BCUT2D eigenvalue weighted by molar-refractivity contribution is 0.542. The molecule has 1 aromatic carbocycles. The molecule has 0 saturated carbocycles. The van der Waals surface area contributed by atoms with Gasteiger partial charge in [-0.1, -0.05) is 6.07 Å². The van der Waals surface area contributed by atoms with Crippen LogP contribution in [0.1, 0.15) is 24.4 Å². The van der Waals surface area contributed by atoms with Crippen LogP contribution >= 0.6 is 0 Å². The molecule has 1 unspecified atom stereocenters. The van der Waals surface area contributed by atoms with E-state index in [2.05, 4.69) is 14.9 Å².